The Labute approximate surface area is 617 Å². The molecular weight excluding hydrogens is 1370 g/mol. The number of alkyl halides is 3. The topological polar surface area (TPSA) is 222 Å². The van der Waals surface area contributed by atoms with Crippen molar-refractivity contribution in [2.75, 3.05) is 129 Å². The molecule has 2 spiro atoms. The minimum atomic E-state index is -2.16. The Hall–Kier alpha value is -7.59. The first-order chi connectivity index (χ1) is 48.7. The first-order valence-electron chi connectivity index (χ1n) is 35.3. The van der Waals surface area contributed by atoms with Crippen molar-refractivity contribution in [3.63, 3.8) is 0 Å². The van der Waals surface area contributed by atoms with E-state index in [0.717, 1.165) is 48.2 Å². The van der Waals surface area contributed by atoms with E-state index in [2.05, 4.69) is 75.7 Å². The predicted octanol–water partition coefficient (Wildman–Crippen LogP) is 13.3. The number of nitrogens with zero attached hydrogens (tertiary/aromatic N) is 2. The highest BCUT2D eigenvalue weighted by molar-refractivity contribution is 6.76. The van der Waals surface area contributed by atoms with Gasteiger partial charge in [0.15, 0.2) is 46.0 Å². The molecule has 2 saturated heterocycles. The summed E-state index contributed by atoms with van der Waals surface area (Å²) in [6, 6.07) is 22.7. The van der Waals surface area contributed by atoms with Crippen LogP contribution in [0.3, 0.4) is 0 Å². The smallest absolute Gasteiger partial charge is 0.272 e. The molecule has 0 radical (unpaired) electrons. The molecule has 0 saturated carbocycles. The quantitative estimate of drug-likeness (QED) is 0.0459. The summed E-state index contributed by atoms with van der Waals surface area (Å²) in [5, 5.41) is 9.12. The maximum atomic E-state index is 14.1. The number of piperidine rings is 2. The summed E-state index contributed by atoms with van der Waals surface area (Å²) in [4.78, 5) is 56.8. The van der Waals surface area contributed by atoms with Crippen LogP contribution in [0, 0.1) is 0 Å². The molecule has 0 unspecified atom stereocenters. The lowest BCUT2D eigenvalue weighted by Gasteiger charge is -2.43. The summed E-state index contributed by atoms with van der Waals surface area (Å²) in [5.41, 5.74) is 5.91. The SMILES string of the molecule is COc1cc2cc(OC)c1OCCCCOc1c(OC)cc(cc1OC)C1(CCN(C(=O)CCNC(=O)C(Cl)(Cl)Cl)CC1)c1cc(OC)c(c(OC)c1)OCCCCOc1c(OC)cc(cc1OC)C21CCN(C(=O)CCNC(=O)CCCCNCc2cc(C(C)(C)C)cc(C(C)(C)C)c2)CC1. The Morgan fingerprint density at radius 1 is 0.422 bits per heavy atom. The van der Waals surface area contributed by atoms with E-state index in [1.54, 1.807) is 61.8 Å². The minimum Gasteiger partial charge on any atom is -0.493 e. The van der Waals surface area contributed by atoms with E-state index >= 15 is 0 Å². The Morgan fingerprint density at radius 2 is 0.725 bits per heavy atom. The molecule has 21 nitrogen and oxygen atoms in total. The van der Waals surface area contributed by atoms with Crippen LogP contribution in [0.15, 0.2) is 66.7 Å². The fourth-order valence-electron chi connectivity index (χ4n) is 13.6. The Morgan fingerprint density at radius 3 is 1.01 bits per heavy atom. The van der Waals surface area contributed by atoms with E-state index in [1.165, 1.54) is 16.7 Å². The predicted molar refractivity (Wildman–Crippen MR) is 397 cm³/mol. The molecule has 102 heavy (non-hydrogen) atoms. The Kier molecular flexibility index (Phi) is 28.4. The van der Waals surface area contributed by atoms with Gasteiger partial charge in [-0.2, -0.15) is 0 Å². The van der Waals surface area contributed by atoms with Gasteiger partial charge in [-0.05, 0) is 169 Å². The third-order valence-corrected chi connectivity index (χ3v) is 20.2. The first-order valence-corrected chi connectivity index (χ1v) is 36.4. The summed E-state index contributed by atoms with van der Waals surface area (Å²) < 4.78 is 72.9. The van der Waals surface area contributed by atoms with E-state index in [4.69, 9.17) is 91.6 Å². The molecule has 5 aromatic carbocycles. The van der Waals surface area contributed by atoms with Gasteiger partial charge in [0.25, 0.3) is 9.70 Å². The van der Waals surface area contributed by atoms with Crippen LogP contribution in [0.2, 0.25) is 0 Å². The number of carbonyl (C=O) groups is 4. The molecule has 4 amide bonds. The number of ether oxygens (including phenoxy) is 12. The normalized spacial score (nSPS) is 15.9. The maximum absolute atomic E-state index is 14.1. The molecule has 12 aliphatic rings. The number of halogens is 3. The monoisotopic (exact) mass is 1470 g/mol. The van der Waals surface area contributed by atoms with Crippen molar-refractivity contribution in [2.24, 2.45) is 0 Å². The van der Waals surface area contributed by atoms with E-state index < -0.39 is 20.5 Å². The molecule has 560 valence electrons. The van der Waals surface area contributed by atoms with Crippen LogP contribution in [-0.2, 0) is 47.4 Å². The summed E-state index contributed by atoms with van der Waals surface area (Å²) in [6.45, 7) is 17.9. The van der Waals surface area contributed by atoms with Gasteiger partial charge in [-0.3, -0.25) is 19.2 Å². The van der Waals surface area contributed by atoms with Crippen LogP contribution in [0.1, 0.15) is 164 Å². The lowest BCUT2D eigenvalue weighted by molar-refractivity contribution is -0.133. The number of carbonyl (C=O) groups excluding carboxylic acids is 4. The van der Waals surface area contributed by atoms with Gasteiger partial charge in [0.05, 0.1) is 83.3 Å². The van der Waals surface area contributed by atoms with Crippen LogP contribution in [-0.4, -0.2) is 166 Å². The van der Waals surface area contributed by atoms with Gasteiger partial charge in [0, 0.05) is 75.9 Å². The fraction of sp³-hybridized carbons (Fsp3) is 0.564. The zero-order valence-electron chi connectivity index (χ0n) is 62.1. The zero-order chi connectivity index (χ0) is 74.0. The van der Waals surface area contributed by atoms with Crippen molar-refractivity contribution in [3.05, 3.63) is 106 Å². The van der Waals surface area contributed by atoms with E-state index in [0.29, 0.717) is 153 Å². The zero-order valence-corrected chi connectivity index (χ0v) is 64.4. The van der Waals surface area contributed by atoms with Crippen LogP contribution in [0.5, 0.6) is 69.0 Å². The van der Waals surface area contributed by atoms with Crippen LogP contribution in [0.25, 0.3) is 0 Å². The number of amides is 4. The number of methoxy groups -OCH3 is 8. The van der Waals surface area contributed by atoms with E-state index in [-0.39, 0.29) is 80.9 Å². The van der Waals surface area contributed by atoms with Crippen molar-refractivity contribution in [1.29, 1.82) is 0 Å². The average molecular weight is 1480 g/mol. The van der Waals surface area contributed by atoms with E-state index in [9.17, 15) is 19.2 Å². The van der Waals surface area contributed by atoms with Gasteiger partial charge in [0.2, 0.25) is 40.7 Å². The van der Waals surface area contributed by atoms with Crippen molar-refractivity contribution in [1.82, 2.24) is 25.8 Å². The highest BCUT2D eigenvalue weighted by atomic mass is 35.6. The second-order valence-corrected chi connectivity index (χ2v) is 30.5. The van der Waals surface area contributed by atoms with Crippen LogP contribution in [0.4, 0.5) is 0 Å². The lowest BCUT2D eigenvalue weighted by atomic mass is 9.67. The van der Waals surface area contributed by atoms with Crippen molar-refractivity contribution in [2.45, 2.75) is 157 Å². The molecule has 0 atom stereocenters. The fourth-order valence-corrected chi connectivity index (χ4v) is 13.8. The minimum absolute atomic E-state index is 0.00220. The molecule has 0 aromatic heterocycles. The maximum Gasteiger partial charge on any atom is 0.272 e. The largest absolute Gasteiger partial charge is 0.493 e. The molecule has 0 aliphatic carbocycles. The standard InChI is InChI=1S/C78H106Cl3N5O16/c1-74(2,3)52-39-51(40-53(41-52)75(4,5)6)50-82-28-16-15-21-66(87)83-29-22-67(88)85-31-24-76(25-32-85)54-42-58(91-7)69(59(43-54)92-8)99-35-17-19-37-101-71-62(95-11)46-56(47-63(71)96-12)77(26-33-86(34-27-77)68(89)23-30-84-73(90)78(79,80)81)57-48-64(97-13)72(65(49-57)98-14)102-38-20-18-36-100-70-60(93-9)44-55(76)45-61(70)94-10/h39-49,82H,15-38,50H2,1-14H3,(H,83,87)(H,84,90). The molecule has 5 aromatic rings. The number of nitrogens with one attached hydrogen (secondary N) is 3. The number of unbranched alkanes of at least 4 members (excludes halogenated alkanes) is 1. The van der Waals surface area contributed by atoms with Gasteiger partial charge in [-0.1, -0.05) is 94.5 Å². The molecule has 17 rings (SSSR count). The molecule has 12 heterocycles. The summed E-state index contributed by atoms with van der Waals surface area (Å²) in [5.74, 6) is 4.22. The molecule has 3 N–H and O–H groups in total. The second kappa shape index (κ2) is 36.2. The number of likely N-dealkylation sites (tertiary alicyclic amines) is 2. The van der Waals surface area contributed by atoms with Crippen molar-refractivity contribution in [3.8, 4) is 69.0 Å². The number of hydrogen-bond acceptors (Lipinski definition) is 17. The van der Waals surface area contributed by atoms with Gasteiger partial charge >= 0.3 is 0 Å². The summed E-state index contributed by atoms with van der Waals surface area (Å²) in [7, 11) is 12.7. The van der Waals surface area contributed by atoms with Gasteiger partial charge < -0.3 is 82.6 Å². The molecule has 12 aliphatic heterocycles. The summed E-state index contributed by atoms with van der Waals surface area (Å²) >= 11 is 17.3. The third kappa shape index (κ3) is 19.8. The highest BCUT2D eigenvalue weighted by Gasteiger charge is 2.44. The Balaban J connectivity index is 0.997. The Bertz CT molecular complexity index is 3390. The van der Waals surface area contributed by atoms with Gasteiger partial charge in [-0.15, -0.1) is 0 Å². The number of benzene rings is 5. The van der Waals surface area contributed by atoms with Crippen molar-refractivity contribution >= 4 is 58.4 Å². The first kappa shape index (κ1) is 80.1. The van der Waals surface area contributed by atoms with Crippen molar-refractivity contribution < 1.29 is 76.0 Å². The van der Waals surface area contributed by atoms with E-state index in [1.807, 2.05) is 53.4 Å². The highest BCUT2D eigenvalue weighted by Crippen LogP contribution is 2.54. The van der Waals surface area contributed by atoms with Crippen LogP contribution >= 0.6 is 34.8 Å². The number of rotatable bonds is 21. The third-order valence-electron chi connectivity index (χ3n) is 19.7. The molecule has 24 heteroatoms. The van der Waals surface area contributed by atoms with Crippen LogP contribution < -0.4 is 72.8 Å². The van der Waals surface area contributed by atoms with Gasteiger partial charge in [0.1, 0.15) is 0 Å². The lowest BCUT2D eigenvalue weighted by Crippen LogP contribution is -2.46. The average Bonchev–Trinajstić information content (AvgIpc) is 0.749. The molecule has 8 bridgehead atoms. The second-order valence-electron chi connectivity index (χ2n) is 28.2. The molecule has 2 fully saturated rings. The van der Waals surface area contributed by atoms with Gasteiger partial charge in [-0.25, -0.2) is 0 Å². The number of hydrogen-bond donors (Lipinski definition) is 3. The summed E-state index contributed by atoms with van der Waals surface area (Å²) in [6.07, 6.45) is 6.35. The molecular formula is C78H106Cl3N5O16.